The maximum Gasteiger partial charge on any atom is 0.168 e. The van der Waals surface area contributed by atoms with Crippen LogP contribution in [-0.4, -0.2) is 23.5 Å². The van der Waals surface area contributed by atoms with Gasteiger partial charge in [-0.3, -0.25) is 9.78 Å². The molecule has 2 aliphatic heterocycles. The molecule has 30 heavy (non-hydrogen) atoms. The van der Waals surface area contributed by atoms with Crippen LogP contribution in [0.25, 0.3) is 16.7 Å². The van der Waals surface area contributed by atoms with Gasteiger partial charge in [0.15, 0.2) is 5.78 Å². The van der Waals surface area contributed by atoms with Crippen LogP contribution in [-0.2, 0) is 9.53 Å². The lowest BCUT2D eigenvalue weighted by Crippen LogP contribution is -2.32. The molecule has 0 bridgehead atoms. The second-order valence-electron chi connectivity index (χ2n) is 7.85. The zero-order valence-corrected chi connectivity index (χ0v) is 17.1. The van der Waals surface area contributed by atoms with E-state index in [1.165, 1.54) is 0 Å². The first-order valence-electron chi connectivity index (χ1n) is 10.5. The van der Waals surface area contributed by atoms with Gasteiger partial charge >= 0.3 is 0 Å². The number of ether oxygens (including phenoxy) is 2. The van der Waals surface area contributed by atoms with Gasteiger partial charge in [-0.1, -0.05) is 25.1 Å². The number of nitrogens with one attached hydrogen (secondary N) is 1. The quantitative estimate of drug-likeness (QED) is 0.646. The number of carbonyl (C=O) groups excluding carboxylic acids is 1. The van der Waals surface area contributed by atoms with Crippen LogP contribution in [0.4, 0.5) is 5.69 Å². The minimum Gasteiger partial charge on any atom is -0.494 e. The van der Waals surface area contributed by atoms with Crippen LogP contribution in [0.5, 0.6) is 5.75 Å². The highest BCUT2D eigenvalue weighted by molar-refractivity contribution is 6.10. The number of ketones is 1. The minimum absolute atomic E-state index is 0.124. The van der Waals surface area contributed by atoms with Gasteiger partial charge in [0, 0.05) is 29.3 Å². The largest absolute Gasteiger partial charge is 0.494 e. The summed E-state index contributed by atoms with van der Waals surface area (Å²) in [5, 5.41) is 4.57. The van der Waals surface area contributed by atoms with Gasteiger partial charge in [-0.2, -0.15) is 0 Å². The van der Waals surface area contributed by atoms with E-state index >= 15 is 0 Å². The molecule has 5 heteroatoms. The molecule has 0 saturated carbocycles. The van der Waals surface area contributed by atoms with Crippen LogP contribution in [0.2, 0.25) is 0 Å². The van der Waals surface area contributed by atoms with Gasteiger partial charge in [0.05, 0.1) is 23.7 Å². The molecular formula is C25H24N2O3. The van der Waals surface area contributed by atoms with Crippen molar-refractivity contribution in [2.75, 3.05) is 11.9 Å². The van der Waals surface area contributed by atoms with Crippen molar-refractivity contribution in [1.29, 1.82) is 0 Å². The van der Waals surface area contributed by atoms with E-state index in [4.69, 9.17) is 9.47 Å². The molecule has 0 amide bonds. The smallest absolute Gasteiger partial charge is 0.168 e. The molecule has 152 valence electrons. The zero-order chi connectivity index (χ0) is 20.7. The number of aromatic nitrogens is 1. The molecule has 0 spiro atoms. The number of hydrogen-bond acceptors (Lipinski definition) is 5. The lowest BCUT2D eigenvalue weighted by Gasteiger charge is -2.36. The van der Waals surface area contributed by atoms with Crippen molar-refractivity contribution in [2.45, 2.75) is 38.8 Å². The number of rotatable bonds is 4. The molecule has 3 heterocycles. The lowest BCUT2D eigenvalue weighted by atomic mass is 9.84. The van der Waals surface area contributed by atoms with Crippen LogP contribution >= 0.6 is 0 Å². The first-order valence-corrected chi connectivity index (χ1v) is 10.5. The first-order chi connectivity index (χ1) is 14.7. The average molecular weight is 400 g/mol. The number of carbonyl (C=O) groups is 1. The highest BCUT2D eigenvalue weighted by atomic mass is 16.5. The van der Waals surface area contributed by atoms with Crippen molar-refractivity contribution in [3.05, 3.63) is 71.4 Å². The van der Waals surface area contributed by atoms with Crippen LogP contribution in [0, 0.1) is 0 Å². The van der Waals surface area contributed by atoms with E-state index in [9.17, 15) is 4.79 Å². The number of pyridine rings is 1. The normalized spacial score (nSPS) is 20.3. The maximum absolute atomic E-state index is 13.2. The van der Waals surface area contributed by atoms with Crippen molar-refractivity contribution in [1.82, 2.24) is 4.98 Å². The summed E-state index contributed by atoms with van der Waals surface area (Å²) in [6.45, 7) is 4.72. The number of anilines is 1. The summed E-state index contributed by atoms with van der Waals surface area (Å²) in [7, 11) is 0. The van der Waals surface area contributed by atoms with Gasteiger partial charge in [-0.25, -0.2) is 0 Å². The SMILES string of the molecule is CCCOc1ccc([C@H]2Nc3ccc4ncccc4c3C3=C2C(=O)C[C@H](C)O3)cc1. The van der Waals surface area contributed by atoms with Crippen molar-refractivity contribution in [3.8, 4) is 5.75 Å². The Morgan fingerprint density at radius 1 is 1.17 bits per heavy atom. The average Bonchev–Trinajstić information content (AvgIpc) is 2.77. The van der Waals surface area contributed by atoms with Crippen molar-refractivity contribution < 1.29 is 14.3 Å². The molecule has 0 unspecified atom stereocenters. The topological polar surface area (TPSA) is 60.5 Å². The second-order valence-corrected chi connectivity index (χ2v) is 7.85. The molecule has 5 rings (SSSR count). The fourth-order valence-electron chi connectivity index (χ4n) is 4.26. The second kappa shape index (κ2) is 7.48. The Hall–Kier alpha value is -3.34. The van der Waals surface area contributed by atoms with E-state index in [2.05, 4.69) is 17.2 Å². The summed E-state index contributed by atoms with van der Waals surface area (Å²) in [5.41, 5.74) is 4.46. The van der Waals surface area contributed by atoms with Gasteiger partial charge in [-0.15, -0.1) is 0 Å². The Kier molecular flexibility index (Phi) is 4.66. The molecule has 2 aliphatic rings. The van der Waals surface area contributed by atoms with Gasteiger partial charge < -0.3 is 14.8 Å². The molecule has 5 nitrogen and oxygen atoms in total. The van der Waals surface area contributed by atoms with Crippen molar-refractivity contribution in [2.24, 2.45) is 0 Å². The fourth-order valence-corrected chi connectivity index (χ4v) is 4.26. The molecule has 2 aromatic carbocycles. The summed E-state index contributed by atoms with van der Waals surface area (Å²) in [6, 6.07) is 15.7. The van der Waals surface area contributed by atoms with Gasteiger partial charge in [-0.05, 0) is 49.2 Å². The van der Waals surface area contributed by atoms with E-state index in [-0.39, 0.29) is 17.9 Å². The summed E-state index contributed by atoms with van der Waals surface area (Å²) < 4.78 is 12.0. The molecule has 1 aromatic heterocycles. The van der Waals surface area contributed by atoms with Crippen molar-refractivity contribution in [3.63, 3.8) is 0 Å². The van der Waals surface area contributed by atoms with E-state index in [1.807, 2.05) is 55.5 Å². The lowest BCUT2D eigenvalue weighted by molar-refractivity contribution is -0.118. The third kappa shape index (κ3) is 3.11. The van der Waals surface area contributed by atoms with E-state index in [1.54, 1.807) is 6.20 Å². The Labute approximate surface area is 175 Å². The summed E-state index contributed by atoms with van der Waals surface area (Å²) in [6.07, 6.45) is 2.97. The standard InChI is InChI=1S/C25H24N2O3/c1-3-13-29-17-8-6-16(7-9-17)24-23-21(28)14-15(2)30-25(23)22-18-5-4-12-26-19(18)10-11-20(22)27-24/h4-12,15,24,27H,3,13-14H2,1-2H3/t15-,24+/m0/s1. The van der Waals surface area contributed by atoms with E-state index in [0.717, 1.165) is 39.9 Å². The molecular weight excluding hydrogens is 376 g/mol. The highest BCUT2D eigenvalue weighted by Gasteiger charge is 2.38. The van der Waals surface area contributed by atoms with Crippen molar-refractivity contribution >= 4 is 28.1 Å². The van der Waals surface area contributed by atoms with Crippen LogP contribution < -0.4 is 10.1 Å². The first kappa shape index (κ1) is 18.7. The summed E-state index contributed by atoms with van der Waals surface area (Å²) >= 11 is 0. The van der Waals surface area contributed by atoms with Crippen LogP contribution in [0.3, 0.4) is 0 Å². The van der Waals surface area contributed by atoms with E-state index in [0.29, 0.717) is 24.4 Å². The molecule has 0 saturated heterocycles. The molecule has 0 radical (unpaired) electrons. The number of benzene rings is 2. The molecule has 0 fully saturated rings. The monoisotopic (exact) mass is 400 g/mol. The third-order valence-corrected chi connectivity index (χ3v) is 5.62. The van der Waals surface area contributed by atoms with Gasteiger partial charge in [0.25, 0.3) is 0 Å². The predicted octanol–water partition coefficient (Wildman–Crippen LogP) is 5.28. The molecule has 3 aromatic rings. The summed E-state index contributed by atoms with van der Waals surface area (Å²) in [4.78, 5) is 17.6. The van der Waals surface area contributed by atoms with Gasteiger partial charge in [0.1, 0.15) is 17.6 Å². The molecule has 1 N–H and O–H groups in total. The maximum atomic E-state index is 13.2. The Balaban J connectivity index is 1.64. The Bertz CT molecular complexity index is 1150. The van der Waals surface area contributed by atoms with Gasteiger partial charge in [0.2, 0.25) is 0 Å². The minimum atomic E-state index is -0.262. The van der Waals surface area contributed by atoms with Crippen LogP contribution in [0.1, 0.15) is 43.9 Å². The van der Waals surface area contributed by atoms with Crippen LogP contribution in [0.15, 0.2) is 60.3 Å². The fraction of sp³-hybridized carbons (Fsp3) is 0.280. The number of fused-ring (bicyclic) bond motifs is 4. The Morgan fingerprint density at radius 3 is 2.80 bits per heavy atom. The number of nitrogens with zero attached hydrogens (tertiary/aromatic N) is 1. The van der Waals surface area contributed by atoms with E-state index < -0.39 is 0 Å². The predicted molar refractivity (Wildman–Crippen MR) is 117 cm³/mol. The summed E-state index contributed by atoms with van der Waals surface area (Å²) in [5.74, 6) is 1.64. The highest BCUT2D eigenvalue weighted by Crippen LogP contribution is 2.46. The Morgan fingerprint density at radius 2 is 2.00 bits per heavy atom. The third-order valence-electron chi connectivity index (χ3n) is 5.62. The zero-order valence-electron chi connectivity index (χ0n) is 17.1. The number of hydrogen-bond donors (Lipinski definition) is 1. The molecule has 0 aliphatic carbocycles. The number of Topliss-reactive ketones (excluding diaryl/α,β-unsaturated/α-hetero) is 1. The molecule has 2 atom stereocenters.